The molecule has 3 nitrogen and oxygen atoms in total. The number of carbonyl (C=O) groups excluding carboxylic acids is 1. The van der Waals surface area contributed by atoms with E-state index < -0.39 is 11.8 Å². The van der Waals surface area contributed by atoms with Crippen molar-refractivity contribution in [3.05, 3.63) is 0 Å². The minimum absolute atomic E-state index is 0.222. The van der Waals surface area contributed by atoms with E-state index in [2.05, 4.69) is 0 Å². The fourth-order valence-electron chi connectivity index (χ4n) is 1.74. The monoisotopic (exact) mass is 170 g/mol. The molecule has 0 aromatic rings. The van der Waals surface area contributed by atoms with Gasteiger partial charge < -0.3 is 5.11 Å². The van der Waals surface area contributed by atoms with Crippen LogP contribution in [0.15, 0.2) is 0 Å². The summed E-state index contributed by atoms with van der Waals surface area (Å²) in [5, 5.41) is 8.31. The van der Waals surface area contributed by atoms with Gasteiger partial charge in [0, 0.05) is 6.42 Å². The third kappa shape index (κ3) is 2.64. The van der Waals surface area contributed by atoms with Gasteiger partial charge in [0.1, 0.15) is 0 Å². The summed E-state index contributed by atoms with van der Waals surface area (Å²) in [5.74, 6) is -1.32. The topological polar surface area (TPSA) is 54.4 Å². The number of aliphatic carboxylic acids is 1. The first kappa shape index (κ1) is 9.23. The Morgan fingerprint density at radius 3 is 2.33 bits per heavy atom. The Balaban J connectivity index is 2.16. The molecule has 0 aliphatic heterocycles. The van der Waals surface area contributed by atoms with Crippen LogP contribution in [0.5, 0.6) is 0 Å². The maximum Gasteiger partial charge on any atom is 0.372 e. The van der Waals surface area contributed by atoms with Crippen LogP contribution in [0.4, 0.5) is 0 Å². The van der Waals surface area contributed by atoms with E-state index in [1.54, 1.807) is 0 Å². The molecule has 1 rings (SSSR count). The normalized spacial score (nSPS) is 18.0. The van der Waals surface area contributed by atoms with E-state index in [1.165, 1.54) is 25.7 Å². The average Bonchev–Trinajstić information content (AvgIpc) is 2.51. The fourth-order valence-corrected chi connectivity index (χ4v) is 1.74. The maximum atomic E-state index is 10.7. The van der Waals surface area contributed by atoms with Gasteiger partial charge in [0.15, 0.2) is 0 Å². The molecule has 0 saturated heterocycles. The quantitative estimate of drug-likeness (QED) is 0.652. The summed E-state index contributed by atoms with van der Waals surface area (Å²) in [6.07, 6.45) is 5.82. The molecule has 0 aromatic carbocycles. The lowest BCUT2D eigenvalue weighted by Crippen LogP contribution is -2.13. The largest absolute Gasteiger partial charge is 0.476 e. The Labute approximate surface area is 71.8 Å². The molecule has 12 heavy (non-hydrogen) atoms. The second kappa shape index (κ2) is 4.24. The van der Waals surface area contributed by atoms with Crippen molar-refractivity contribution < 1.29 is 14.7 Å². The van der Waals surface area contributed by atoms with E-state index in [9.17, 15) is 9.59 Å². The summed E-state index contributed by atoms with van der Waals surface area (Å²) < 4.78 is 0. The van der Waals surface area contributed by atoms with E-state index in [4.69, 9.17) is 5.11 Å². The molecule has 1 aliphatic rings. The highest BCUT2D eigenvalue weighted by atomic mass is 16.4. The summed E-state index contributed by atoms with van der Waals surface area (Å²) in [7, 11) is 0. The number of hydrogen-bond donors (Lipinski definition) is 1. The van der Waals surface area contributed by atoms with Crippen molar-refractivity contribution in [1.82, 2.24) is 0 Å². The molecule has 1 aliphatic carbocycles. The molecule has 1 N–H and O–H groups in total. The predicted octanol–water partition coefficient (Wildman–Crippen LogP) is 1.61. The molecule has 0 spiro atoms. The van der Waals surface area contributed by atoms with E-state index >= 15 is 0 Å². The van der Waals surface area contributed by atoms with Gasteiger partial charge in [0.2, 0.25) is 5.78 Å². The Hall–Kier alpha value is -0.860. The lowest BCUT2D eigenvalue weighted by molar-refractivity contribution is -0.149. The highest BCUT2D eigenvalue weighted by Crippen LogP contribution is 2.28. The average molecular weight is 170 g/mol. The van der Waals surface area contributed by atoms with Gasteiger partial charge in [-0.05, 0) is 12.3 Å². The van der Waals surface area contributed by atoms with Crippen molar-refractivity contribution in [3.63, 3.8) is 0 Å². The van der Waals surface area contributed by atoms with Crippen molar-refractivity contribution in [3.8, 4) is 0 Å². The fraction of sp³-hybridized carbons (Fsp3) is 0.778. The van der Waals surface area contributed by atoms with E-state index in [-0.39, 0.29) is 6.42 Å². The molecule has 0 amide bonds. The zero-order chi connectivity index (χ0) is 8.97. The van der Waals surface area contributed by atoms with Crippen LogP contribution in [-0.2, 0) is 9.59 Å². The van der Waals surface area contributed by atoms with Crippen molar-refractivity contribution in [2.75, 3.05) is 0 Å². The number of carboxylic acids is 1. The van der Waals surface area contributed by atoms with Crippen LogP contribution in [0, 0.1) is 5.92 Å². The van der Waals surface area contributed by atoms with Crippen LogP contribution in [-0.4, -0.2) is 16.9 Å². The molecule has 1 saturated carbocycles. The Kier molecular flexibility index (Phi) is 3.26. The van der Waals surface area contributed by atoms with Gasteiger partial charge in [-0.3, -0.25) is 4.79 Å². The van der Waals surface area contributed by atoms with Crippen molar-refractivity contribution in [2.45, 2.75) is 38.5 Å². The number of carboxylic acid groups (broad SMARTS) is 1. The van der Waals surface area contributed by atoms with Gasteiger partial charge in [0.25, 0.3) is 0 Å². The van der Waals surface area contributed by atoms with E-state index in [0.717, 1.165) is 6.42 Å². The number of hydrogen-bond acceptors (Lipinski definition) is 2. The Bertz CT molecular complexity index is 180. The Morgan fingerprint density at radius 1 is 1.25 bits per heavy atom. The van der Waals surface area contributed by atoms with Gasteiger partial charge >= 0.3 is 5.97 Å². The maximum absolute atomic E-state index is 10.7. The number of ketones is 1. The van der Waals surface area contributed by atoms with Gasteiger partial charge in [0.05, 0.1) is 0 Å². The van der Waals surface area contributed by atoms with Crippen molar-refractivity contribution >= 4 is 11.8 Å². The molecular formula is C9H14O3. The first-order valence-electron chi connectivity index (χ1n) is 4.46. The molecule has 0 heterocycles. The molecule has 0 bridgehead atoms. The lowest BCUT2D eigenvalue weighted by atomic mass is 10.0. The predicted molar refractivity (Wildman–Crippen MR) is 43.8 cm³/mol. The standard InChI is InChI=1S/C9H14O3/c10-8(9(11)12)6-5-7-3-1-2-4-7/h7H,1-6H2,(H,11,12). The lowest BCUT2D eigenvalue weighted by Gasteiger charge is -2.05. The molecule has 0 aromatic heterocycles. The van der Waals surface area contributed by atoms with Crippen LogP contribution in [0.1, 0.15) is 38.5 Å². The summed E-state index contributed by atoms with van der Waals surface area (Å²) >= 11 is 0. The smallest absolute Gasteiger partial charge is 0.372 e. The molecule has 0 radical (unpaired) electrons. The number of carbonyl (C=O) groups is 2. The zero-order valence-corrected chi connectivity index (χ0v) is 7.08. The first-order valence-corrected chi connectivity index (χ1v) is 4.46. The third-order valence-electron chi connectivity index (χ3n) is 2.49. The Morgan fingerprint density at radius 2 is 1.83 bits per heavy atom. The molecular weight excluding hydrogens is 156 g/mol. The minimum atomic E-state index is -1.28. The van der Waals surface area contributed by atoms with Gasteiger partial charge in [-0.15, -0.1) is 0 Å². The highest BCUT2D eigenvalue weighted by molar-refractivity contribution is 6.32. The minimum Gasteiger partial charge on any atom is -0.476 e. The summed E-state index contributed by atoms with van der Waals surface area (Å²) in [5.41, 5.74) is 0. The van der Waals surface area contributed by atoms with Crippen LogP contribution in [0.25, 0.3) is 0 Å². The van der Waals surface area contributed by atoms with Crippen molar-refractivity contribution in [2.24, 2.45) is 5.92 Å². The van der Waals surface area contributed by atoms with Crippen LogP contribution in [0.3, 0.4) is 0 Å². The SMILES string of the molecule is O=C(O)C(=O)CCC1CCCC1. The zero-order valence-electron chi connectivity index (χ0n) is 7.08. The highest BCUT2D eigenvalue weighted by Gasteiger charge is 2.18. The number of Topliss-reactive ketones (excluding diaryl/α,β-unsaturated/α-hetero) is 1. The van der Waals surface area contributed by atoms with Gasteiger partial charge in [-0.2, -0.15) is 0 Å². The van der Waals surface area contributed by atoms with Crippen molar-refractivity contribution in [1.29, 1.82) is 0 Å². The molecule has 0 unspecified atom stereocenters. The van der Waals surface area contributed by atoms with Crippen LogP contribution in [0.2, 0.25) is 0 Å². The second-order valence-electron chi connectivity index (χ2n) is 3.42. The summed E-state index contributed by atoms with van der Waals surface area (Å²) in [6.45, 7) is 0. The van der Waals surface area contributed by atoms with Crippen LogP contribution >= 0.6 is 0 Å². The third-order valence-corrected chi connectivity index (χ3v) is 2.49. The summed E-state index contributed by atoms with van der Waals surface area (Å²) in [6, 6.07) is 0. The van der Waals surface area contributed by atoms with Crippen LogP contribution < -0.4 is 0 Å². The molecule has 0 atom stereocenters. The second-order valence-corrected chi connectivity index (χ2v) is 3.42. The first-order chi connectivity index (χ1) is 5.70. The van der Waals surface area contributed by atoms with E-state index in [1.807, 2.05) is 0 Å². The van der Waals surface area contributed by atoms with E-state index in [0.29, 0.717) is 5.92 Å². The molecule has 68 valence electrons. The van der Waals surface area contributed by atoms with Gasteiger partial charge in [-0.25, -0.2) is 4.79 Å². The molecule has 1 fully saturated rings. The number of rotatable bonds is 4. The summed E-state index contributed by atoms with van der Waals surface area (Å²) in [4.78, 5) is 20.9. The molecule has 3 heteroatoms. The van der Waals surface area contributed by atoms with Gasteiger partial charge in [-0.1, -0.05) is 25.7 Å².